The van der Waals surface area contributed by atoms with E-state index in [4.69, 9.17) is 0 Å². The molecule has 29 heavy (non-hydrogen) atoms. The first kappa shape index (κ1) is 19.3. The number of nitrogens with one attached hydrogen (secondary N) is 1. The Labute approximate surface area is 170 Å². The lowest BCUT2D eigenvalue weighted by Gasteiger charge is -2.34. The van der Waals surface area contributed by atoms with Gasteiger partial charge >= 0.3 is 0 Å². The molecule has 0 aromatic heterocycles. The fourth-order valence-corrected chi connectivity index (χ4v) is 4.37. The van der Waals surface area contributed by atoms with Crippen LogP contribution in [0.15, 0.2) is 48.5 Å². The molecule has 0 bridgehead atoms. The van der Waals surface area contributed by atoms with E-state index < -0.39 is 0 Å². The number of anilines is 1. The summed E-state index contributed by atoms with van der Waals surface area (Å²) in [5.74, 6) is -0.239. The molecular formula is C23H26N3O3+. The first-order chi connectivity index (χ1) is 14.0. The summed E-state index contributed by atoms with van der Waals surface area (Å²) in [6, 6.07) is 14.7. The Morgan fingerprint density at radius 2 is 1.69 bits per heavy atom. The third kappa shape index (κ3) is 3.68. The average molecular weight is 392 g/mol. The highest BCUT2D eigenvalue weighted by Gasteiger charge is 2.47. The Morgan fingerprint density at radius 3 is 2.34 bits per heavy atom. The number of rotatable bonds is 3. The van der Waals surface area contributed by atoms with Crippen molar-refractivity contribution in [3.8, 4) is 0 Å². The lowest BCUT2D eigenvalue weighted by Crippen LogP contribution is -3.19. The van der Waals surface area contributed by atoms with Crippen molar-refractivity contribution in [3.05, 3.63) is 65.2 Å². The first-order valence-electron chi connectivity index (χ1n) is 10.1. The number of quaternary nitrogens is 1. The summed E-state index contributed by atoms with van der Waals surface area (Å²) >= 11 is 0. The summed E-state index contributed by atoms with van der Waals surface area (Å²) in [7, 11) is 0. The van der Waals surface area contributed by atoms with Crippen molar-refractivity contribution in [1.82, 2.24) is 4.90 Å². The number of benzene rings is 2. The number of carbonyl (C=O) groups is 3. The number of amides is 3. The molecule has 2 heterocycles. The molecule has 1 N–H and O–H groups in total. The molecular weight excluding hydrogens is 366 g/mol. The first-order valence-corrected chi connectivity index (χ1v) is 10.1. The van der Waals surface area contributed by atoms with Gasteiger partial charge < -0.3 is 9.80 Å². The summed E-state index contributed by atoms with van der Waals surface area (Å²) in [6.07, 6.45) is 0.230. The molecule has 2 aromatic carbocycles. The minimum atomic E-state index is -0.364. The van der Waals surface area contributed by atoms with Crippen molar-refractivity contribution < 1.29 is 19.3 Å². The highest BCUT2D eigenvalue weighted by molar-refractivity contribution is 6.22. The predicted molar refractivity (Wildman–Crippen MR) is 110 cm³/mol. The van der Waals surface area contributed by atoms with E-state index in [1.807, 2.05) is 67.3 Å². The van der Waals surface area contributed by atoms with Crippen LogP contribution in [0.3, 0.4) is 0 Å². The fraction of sp³-hybridized carbons (Fsp3) is 0.348. The lowest BCUT2D eigenvalue weighted by atomic mass is 10.1. The molecule has 2 saturated heterocycles. The van der Waals surface area contributed by atoms with Gasteiger partial charge in [0.05, 0.1) is 38.3 Å². The van der Waals surface area contributed by atoms with Gasteiger partial charge in [-0.1, -0.05) is 35.9 Å². The summed E-state index contributed by atoms with van der Waals surface area (Å²) in [6.45, 7) is 6.44. The molecule has 6 heteroatoms. The van der Waals surface area contributed by atoms with Gasteiger partial charge in [0, 0.05) is 5.56 Å². The molecule has 0 radical (unpaired) electrons. The van der Waals surface area contributed by atoms with Crippen LogP contribution in [-0.2, 0) is 9.59 Å². The maximum Gasteiger partial charge on any atom is 0.292 e. The smallest absolute Gasteiger partial charge is 0.292 e. The second-order valence-corrected chi connectivity index (χ2v) is 7.93. The van der Waals surface area contributed by atoms with Crippen molar-refractivity contribution >= 4 is 23.4 Å². The zero-order valence-electron chi connectivity index (χ0n) is 16.9. The van der Waals surface area contributed by atoms with Crippen LogP contribution in [0.2, 0.25) is 0 Å². The van der Waals surface area contributed by atoms with Crippen LogP contribution >= 0.6 is 0 Å². The maximum atomic E-state index is 13.1. The molecule has 4 rings (SSSR count). The lowest BCUT2D eigenvalue weighted by molar-refractivity contribution is -0.918. The Kier molecular flexibility index (Phi) is 5.20. The number of hydrogen-bond donors (Lipinski definition) is 1. The van der Waals surface area contributed by atoms with Crippen molar-refractivity contribution in [2.75, 3.05) is 31.1 Å². The van der Waals surface area contributed by atoms with Crippen LogP contribution < -0.4 is 9.80 Å². The van der Waals surface area contributed by atoms with Gasteiger partial charge in [-0.2, -0.15) is 0 Å². The van der Waals surface area contributed by atoms with E-state index in [1.165, 1.54) is 4.90 Å². The van der Waals surface area contributed by atoms with Crippen LogP contribution in [0.4, 0.5) is 5.69 Å². The molecule has 2 fully saturated rings. The zero-order valence-corrected chi connectivity index (χ0v) is 16.9. The van der Waals surface area contributed by atoms with E-state index in [-0.39, 0.29) is 30.2 Å². The predicted octanol–water partition coefficient (Wildman–Crippen LogP) is 0.976. The van der Waals surface area contributed by atoms with E-state index in [0.29, 0.717) is 37.4 Å². The molecule has 1 atom stereocenters. The second-order valence-electron chi connectivity index (χ2n) is 7.93. The minimum Gasteiger partial charge on any atom is -0.327 e. The molecule has 3 amide bonds. The van der Waals surface area contributed by atoms with Crippen molar-refractivity contribution in [2.45, 2.75) is 26.3 Å². The van der Waals surface area contributed by atoms with E-state index in [9.17, 15) is 14.4 Å². The van der Waals surface area contributed by atoms with E-state index in [2.05, 4.69) is 0 Å². The molecule has 2 aliphatic heterocycles. The van der Waals surface area contributed by atoms with Crippen LogP contribution in [0.1, 0.15) is 27.9 Å². The van der Waals surface area contributed by atoms with Gasteiger partial charge in [-0.05, 0) is 37.6 Å². The molecule has 0 saturated carbocycles. The quantitative estimate of drug-likeness (QED) is 0.792. The third-order valence-electron chi connectivity index (χ3n) is 5.95. The van der Waals surface area contributed by atoms with Gasteiger partial charge in [-0.3, -0.25) is 14.4 Å². The van der Waals surface area contributed by atoms with Gasteiger partial charge in [0.1, 0.15) is 0 Å². The Morgan fingerprint density at radius 1 is 1.00 bits per heavy atom. The minimum absolute atomic E-state index is 0.0235. The van der Waals surface area contributed by atoms with Gasteiger partial charge in [-0.15, -0.1) is 0 Å². The van der Waals surface area contributed by atoms with Crippen LogP contribution in [0.5, 0.6) is 0 Å². The highest BCUT2D eigenvalue weighted by Crippen LogP contribution is 2.26. The summed E-state index contributed by atoms with van der Waals surface area (Å²) < 4.78 is 0. The van der Waals surface area contributed by atoms with Crippen LogP contribution in [0, 0.1) is 13.8 Å². The maximum absolute atomic E-state index is 13.1. The summed E-state index contributed by atoms with van der Waals surface area (Å²) in [5.41, 5.74) is 3.40. The largest absolute Gasteiger partial charge is 0.327 e. The molecule has 0 aliphatic carbocycles. The van der Waals surface area contributed by atoms with Gasteiger partial charge in [0.2, 0.25) is 5.91 Å². The molecule has 2 aliphatic rings. The standard InChI is InChI=1S/C23H25N3O3/c1-16-8-9-19(17(2)14-16)26-21(27)15-20(23(26)29)24-10-12-25(13-11-24)22(28)18-6-4-3-5-7-18/h3-9,14,20H,10-13,15H2,1-2H3/p+1/t20-/m0/s1. The van der Waals surface area contributed by atoms with Crippen molar-refractivity contribution in [3.63, 3.8) is 0 Å². The Hall–Kier alpha value is -2.99. The van der Waals surface area contributed by atoms with Gasteiger partial charge in [-0.25, -0.2) is 4.90 Å². The van der Waals surface area contributed by atoms with Crippen molar-refractivity contribution in [1.29, 1.82) is 0 Å². The number of hydrogen-bond acceptors (Lipinski definition) is 3. The Bertz CT molecular complexity index is 949. The number of nitrogens with zero attached hydrogens (tertiary/aromatic N) is 2. The number of imide groups is 1. The van der Waals surface area contributed by atoms with Gasteiger partial charge in [0.15, 0.2) is 6.04 Å². The number of aryl methyl sites for hydroxylation is 2. The number of piperazine rings is 1. The fourth-order valence-electron chi connectivity index (χ4n) is 4.37. The summed E-state index contributed by atoms with van der Waals surface area (Å²) in [5, 5.41) is 0. The summed E-state index contributed by atoms with van der Waals surface area (Å²) in [4.78, 5) is 42.7. The molecule has 2 aromatic rings. The van der Waals surface area contributed by atoms with E-state index in [0.717, 1.165) is 16.0 Å². The molecule has 6 nitrogen and oxygen atoms in total. The highest BCUT2D eigenvalue weighted by atomic mass is 16.2. The average Bonchev–Trinajstić information content (AvgIpc) is 3.02. The molecule has 0 unspecified atom stereocenters. The van der Waals surface area contributed by atoms with E-state index in [1.54, 1.807) is 0 Å². The third-order valence-corrected chi connectivity index (χ3v) is 5.95. The molecule has 0 spiro atoms. The molecule has 150 valence electrons. The Balaban J connectivity index is 1.43. The SMILES string of the molecule is Cc1ccc(N2C(=O)C[C@H]([NH+]3CCN(C(=O)c4ccccc4)CC3)C2=O)c(C)c1. The second kappa shape index (κ2) is 7.79. The van der Waals surface area contributed by atoms with Crippen LogP contribution in [-0.4, -0.2) is 54.8 Å². The zero-order chi connectivity index (χ0) is 20.5. The van der Waals surface area contributed by atoms with Crippen LogP contribution in [0.25, 0.3) is 0 Å². The topological polar surface area (TPSA) is 62.1 Å². The van der Waals surface area contributed by atoms with Gasteiger partial charge in [0.25, 0.3) is 11.8 Å². The number of carbonyl (C=O) groups excluding carboxylic acids is 3. The van der Waals surface area contributed by atoms with E-state index >= 15 is 0 Å². The normalized spacial score (nSPS) is 20.4. The van der Waals surface area contributed by atoms with Crippen molar-refractivity contribution in [2.24, 2.45) is 0 Å². The monoisotopic (exact) mass is 392 g/mol.